The molecule has 1 amide bonds. The van der Waals surface area contributed by atoms with E-state index in [0.29, 0.717) is 0 Å². The maximum absolute atomic E-state index is 13.4. The van der Waals surface area contributed by atoms with E-state index in [4.69, 9.17) is 0 Å². The number of carbonyl (C=O) groups excluding carboxylic acids is 1. The molecule has 0 fully saturated rings. The maximum Gasteiger partial charge on any atom is 0.471 e. The second-order valence-electron chi connectivity index (χ2n) is 4.32. The van der Waals surface area contributed by atoms with Crippen molar-refractivity contribution in [2.45, 2.75) is 23.9 Å². The third-order valence-corrected chi connectivity index (χ3v) is 3.63. The smallest absolute Gasteiger partial charge is 0.378 e. The minimum absolute atomic E-state index is 0.111. The second kappa shape index (κ2) is 6.88. The summed E-state index contributed by atoms with van der Waals surface area (Å²) in [7, 11) is -6.47. The number of hydrogen-bond acceptors (Lipinski definition) is 5. The van der Waals surface area contributed by atoms with Crippen LogP contribution in [-0.4, -0.2) is 31.3 Å². The van der Waals surface area contributed by atoms with Crippen molar-refractivity contribution in [1.82, 2.24) is 0 Å². The Morgan fingerprint density at radius 2 is 1.56 bits per heavy atom. The number of carbonyl (C=O) groups is 1. The van der Waals surface area contributed by atoms with Crippen molar-refractivity contribution in [3.05, 3.63) is 24.3 Å². The molecular weight excluding hydrogens is 408 g/mol. The van der Waals surface area contributed by atoms with Gasteiger partial charge in [-0.1, -0.05) is 0 Å². The number of ether oxygens (including phenoxy) is 1. The Hall–Kier alpha value is -1.73. The van der Waals surface area contributed by atoms with E-state index in [0.717, 1.165) is 31.2 Å². The normalized spacial score (nSPS) is 13.4. The van der Waals surface area contributed by atoms with Crippen molar-refractivity contribution in [1.29, 1.82) is 0 Å². The predicted molar refractivity (Wildman–Crippen MR) is 72.1 cm³/mol. The molecule has 0 aliphatic carbocycles. The van der Waals surface area contributed by atoms with Crippen molar-refractivity contribution in [2.75, 3.05) is 5.32 Å². The number of alkyl halides is 7. The third-order valence-electron chi connectivity index (χ3n) is 2.28. The van der Waals surface area contributed by atoms with Gasteiger partial charge in [0.15, 0.2) is 0 Å². The summed E-state index contributed by atoms with van der Waals surface area (Å²) in [6, 6.07) is 3.50. The van der Waals surface area contributed by atoms with Gasteiger partial charge in [-0.15, -0.1) is 0 Å². The van der Waals surface area contributed by atoms with Crippen LogP contribution in [0.25, 0.3) is 0 Å². The number of hydrogen-bond donors (Lipinski definition) is 1. The number of rotatable bonds is 7. The molecule has 1 aromatic carbocycles. The van der Waals surface area contributed by atoms with Crippen LogP contribution >= 0.6 is 11.6 Å². The SMILES string of the molecule is CC(=O)Nc1ccc(OS(=O)(=O)C(F)(F)C(F)(F)OC(F)(F)Cl)cc1. The zero-order valence-electron chi connectivity index (χ0n) is 11.9. The zero-order valence-corrected chi connectivity index (χ0v) is 13.5. The van der Waals surface area contributed by atoms with E-state index in [9.17, 15) is 39.6 Å². The molecular formula is C11H8ClF6NO5S. The molecule has 1 aromatic rings. The summed E-state index contributed by atoms with van der Waals surface area (Å²) in [6.07, 6.45) is -6.20. The van der Waals surface area contributed by atoms with E-state index in [1.54, 1.807) is 0 Å². The fourth-order valence-corrected chi connectivity index (χ4v) is 2.23. The Morgan fingerprint density at radius 1 is 1.08 bits per heavy atom. The number of anilines is 1. The Labute approximate surface area is 141 Å². The van der Waals surface area contributed by atoms with Gasteiger partial charge in [0.25, 0.3) is 0 Å². The molecule has 0 spiro atoms. The highest BCUT2D eigenvalue weighted by Gasteiger charge is 2.72. The van der Waals surface area contributed by atoms with Crippen LogP contribution in [-0.2, 0) is 19.6 Å². The Bertz CT molecular complexity index is 734. The van der Waals surface area contributed by atoms with E-state index in [2.05, 4.69) is 25.8 Å². The van der Waals surface area contributed by atoms with E-state index < -0.39 is 38.7 Å². The number of amides is 1. The molecule has 0 bridgehead atoms. The summed E-state index contributed by atoms with van der Waals surface area (Å²) >= 11 is 3.95. The molecule has 0 aliphatic heterocycles. The van der Waals surface area contributed by atoms with Gasteiger partial charge in [-0.2, -0.15) is 34.8 Å². The highest BCUT2D eigenvalue weighted by atomic mass is 35.5. The molecule has 0 aromatic heterocycles. The minimum Gasteiger partial charge on any atom is -0.378 e. The molecule has 0 aliphatic rings. The lowest BCUT2D eigenvalue weighted by Gasteiger charge is -2.26. The Morgan fingerprint density at radius 3 is 1.96 bits per heavy atom. The van der Waals surface area contributed by atoms with Crippen molar-refractivity contribution in [3.8, 4) is 5.75 Å². The summed E-state index contributed by atoms with van der Waals surface area (Å²) in [5.74, 6) is -1.37. The average molecular weight is 416 g/mol. The number of benzene rings is 1. The van der Waals surface area contributed by atoms with Gasteiger partial charge in [0.05, 0.1) is 0 Å². The van der Waals surface area contributed by atoms with Gasteiger partial charge >= 0.3 is 27.0 Å². The van der Waals surface area contributed by atoms with Crippen LogP contribution in [0.4, 0.5) is 32.0 Å². The van der Waals surface area contributed by atoms with Crippen LogP contribution in [0.5, 0.6) is 5.75 Å². The number of halogens is 7. The summed E-state index contributed by atoms with van der Waals surface area (Å²) < 4.78 is 106. The highest BCUT2D eigenvalue weighted by molar-refractivity contribution is 7.88. The molecule has 0 saturated carbocycles. The van der Waals surface area contributed by atoms with Gasteiger partial charge in [-0.3, -0.25) is 4.79 Å². The van der Waals surface area contributed by atoms with Crippen LogP contribution in [0.15, 0.2) is 24.3 Å². The van der Waals surface area contributed by atoms with Crippen molar-refractivity contribution in [3.63, 3.8) is 0 Å². The largest absolute Gasteiger partial charge is 0.471 e. The van der Waals surface area contributed by atoms with Crippen LogP contribution in [0, 0.1) is 0 Å². The molecule has 0 atom stereocenters. The average Bonchev–Trinajstić information content (AvgIpc) is 2.37. The summed E-state index contributed by atoms with van der Waals surface area (Å²) in [5.41, 5.74) is -5.15. The quantitative estimate of drug-likeness (QED) is 0.419. The Balaban J connectivity index is 3.05. The van der Waals surface area contributed by atoms with E-state index in [1.165, 1.54) is 0 Å². The minimum atomic E-state index is -6.47. The monoisotopic (exact) mass is 415 g/mol. The van der Waals surface area contributed by atoms with Crippen molar-refractivity contribution >= 4 is 33.3 Å². The fourth-order valence-electron chi connectivity index (χ4n) is 1.33. The molecule has 0 radical (unpaired) electrons. The van der Waals surface area contributed by atoms with Crippen molar-refractivity contribution < 1.29 is 48.5 Å². The van der Waals surface area contributed by atoms with Gasteiger partial charge in [0, 0.05) is 12.6 Å². The van der Waals surface area contributed by atoms with E-state index in [1.807, 2.05) is 0 Å². The molecule has 14 heteroatoms. The fraction of sp³-hybridized carbons (Fsp3) is 0.364. The molecule has 25 heavy (non-hydrogen) atoms. The molecule has 142 valence electrons. The molecule has 1 N–H and O–H groups in total. The molecule has 0 unspecified atom stereocenters. The first-order valence-corrected chi connectivity index (χ1v) is 7.70. The van der Waals surface area contributed by atoms with Crippen molar-refractivity contribution in [2.24, 2.45) is 0 Å². The van der Waals surface area contributed by atoms with E-state index >= 15 is 0 Å². The van der Waals surface area contributed by atoms with Gasteiger partial charge < -0.3 is 9.50 Å². The summed E-state index contributed by atoms with van der Waals surface area (Å²) in [5, 5.41) is -3.95. The lowest BCUT2D eigenvalue weighted by atomic mass is 10.3. The molecule has 1 rings (SSSR count). The Kier molecular flexibility index (Phi) is 5.86. The van der Waals surface area contributed by atoms with Crippen LogP contribution in [0.2, 0.25) is 0 Å². The van der Waals surface area contributed by atoms with Crippen LogP contribution < -0.4 is 9.50 Å². The standard InChI is InChI=1S/C11H8ClF6NO5S/c1-6(20)19-7-2-4-8(5-3-7)23-25(21,22)10(15,16)9(13,14)24-11(12,17)18/h2-5H,1H3,(H,19,20). The van der Waals surface area contributed by atoms with Crippen LogP contribution in [0.3, 0.4) is 0 Å². The topological polar surface area (TPSA) is 81.7 Å². The summed E-state index contributed by atoms with van der Waals surface area (Å²) in [6.45, 7) is 1.14. The lowest BCUT2D eigenvalue weighted by Crippen LogP contribution is -2.52. The lowest BCUT2D eigenvalue weighted by molar-refractivity contribution is -0.387. The van der Waals surface area contributed by atoms with Gasteiger partial charge in [-0.25, -0.2) is 4.74 Å². The first-order valence-electron chi connectivity index (χ1n) is 5.91. The molecule has 6 nitrogen and oxygen atoms in total. The van der Waals surface area contributed by atoms with Gasteiger partial charge in [0.1, 0.15) is 5.75 Å². The van der Waals surface area contributed by atoms with Gasteiger partial charge in [-0.05, 0) is 35.9 Å². The summed E-state index contributed by atoms with van der Waals surface area (Å²) in [4.78, 5) is 10.8. The van der Waals surface area contributed by atoms with Gasteiger partial charge in [0.2, 0.25) is 5.91 Å². The number of nitrogens with one attached hydrogen (secondary N) is 1. The van der Waals surface area contributed by atoms with Crippen LogP contribution in [0.1, 0.15) is 6.92 Å². The molecule has 0 heterocycles. The highest BCUT2D eigenvalue weighted by Crippen LogP contribution is 2.44. The third kappa shape index (κ3) is 5.37. The maximum atomic E-state index is 13.4. The second-order valence-corrected chi connectivity index (χ2v) is 6.35. The van der Waals surface area contributed by atoms with E-state index in [-0.39, 0.29) is 5.69 Å². The zero-order chi connectivity index (χ0) is 19.7. The first kappa shape index (κ1) is 21.3. The predicted octanol–water partition coefficient (Wildman–Crippen LogP) is 3.34. The first-order chi connectivity index (χ1) is 11.1. The molecule has 0 saturated heterocycles.